The average molecular weight is 356 g/mol. The first-order chi connectivity index (χ1) is 10.7. The Morgan fingerprint density at radius 3 is 2.43 bits per heavy atom. The lowest BCUT2D eigenvalue weighted by Crippen LogP contribution is -2.33. The Labute approximate surface area is 144 Å². The summed E-state index contributed by atoms with van der Waals surface area (Å²) in [5.74, 6) is 0. The summed E-state index contributed by atoms with van der Waals surface area (Å²) in [5, 5.41) is 6.34. The van der Waals surface area contributed by atoms with Crippen LogP contribution in [0.25, 0.3) is 0 Å². The minimum atomic E-state index is -3.57. The predicted octanol–water partition coefficient (Wildman–Crippen LogP) is 2.89. The number of nitrogens with one attached hydrogen (secondary N) is 2. The van der Waals surface area contributed by atoms with Crippen molar-refractivity contribution >= 4 is 33.0 Å². The van der Waals surface area contributed by atoms with Gasteiger partial charge in [0.15, 0.2) is 5.11 Å². The van der Waals surface area contributed by atoms with Crippen LogP contribution in [-0.2, 0) is 10.0 Å². The SMILES string of the molecule is C=C(C)CNC(=S)Nc1ccc(C)cc1S(=O)(=O)N(CC)CC. The van der Waals surface area contributed by atoms with E-state index >= 15 is 0 Å². The Balaban J connectivity index is 3.16. The minimum absolute atomic E-state index is 0.237. The molecule has 0 bridgehead atoms. The summed E-state index contributed by atoms with van der Waals surface area (Å²) in [4.78, 5) is 0.237. The highest BCUT2D eigenvalue weighted by Gasteiger charge is 2.25. The molecular formula is C16H25N3O2S2. The zero-order chi connectivity index (χ0) is 17.6. The van der Waals surface area contributed by atoms with E-state index in [2.05, 4.69) is 17.2 Å². The zero-order valence-corrected chi connectivity index (χ0v) is 15.8. The molecule has 128 valence electrons. The number of hydrogen-bond donors (Lipinski definition) is 2. The van der Waals surface area contributed by atoms with E-state index in [9.17, 15) is 8.42 Å². The maximum Gasteiger partial charge on any atom is 0.245 e. The second kappa shape index (κ2) is 8.42. The summed E-state index contributed by atoms with van der Waals surface area (Å²) in [5.41, 5.74) is 2.29. The lowest BCUT2D eigenvalue weighted by Gasteiger charge is -2.21. The van der Waals surface area contributed by atoms with Crippen molar-refractivity contribution in [1.29, 1.82) is 0 Å². The molecule has 1 aromatic rings. The van der Waals surface area contributed by atoms with Crippen LogP contribution in [0.3, 0.4) is 0 Å². The van der Waals surface area contributed by atoms with Gasteiger partial charge in [0.2, 0.25) is 10.0 Å². The van der Waals surface area contributed by atoms with E-state index in [4.69, 9.17) is 12.2 Å². The van der Waals surface area contributed by atoms with Crippen molar-refractivity contribution in [2.75, 3.05) is 25.0 Å². The standard InChI is InChI=1S/C16H25N3O2S2/c1-6-19(7-2)23(20,21)15-10-13(5)8-9-14(15)18-16(22)17-11-12(3)4/h8-10H,3,6-7,11H2,1-2,4-5H3,(H2,17,18,22). The van der Waals surface area contributed by atoms with Crippen LogP contribution in [0.5, 0.6) is 0 Å². The van der Waals surface area contributed by atoms with Crippen LogP contribution in [0.1, 0.15) is 26.3 Å². The lowest BCUT2D eigenvalue weighted by molar-refractivity contribution is 0.445. The van der Waals surface area contributed by atoms with E-state index in [1.165, 1.54) is 4.31 Å². The van der Waals surface area contributed by atoms with Gasteiger partial charge in [-0.2, -0.15) is 4.31 Å². The molecule has 0 aromatic heterocycles. The highest BCUT2D eigenvalue weighted by molar-refractivity contribution is 7.89. The Bertz CT molecular complexity index is 681. The molecule has 0 aliphatic carbocycles. The number of sulfonamides is 1. The molecule has 23 heavy (non-hydrogen) atoms. The van der Waals surface area contributed by atoms with Crippen molar-refractivity contribution in [3.8, 4) is 0 Å². The van der Waals surface area contributed by atoms with Crippen molar-refractivity contribution in [2.45, 2.75) is 32.6 Å². The van der Waals surface area contributed by atoms with E-state index in [-0.39, 0.29) is 4.90 Å². The molecular weight excluding hydrogens is 330 g/mol. The molecule has 2 N–H and O–H groups in total. The first-order valence-corrected chi connectivity index (χ1v) is 9.37. The average Bonchev–Trinajstić information content (AvgIpc) is 2.48. The van der Waals surface area contributed by atoms with Gasteiger partial charge >= 0.3 is 0 Å². The lowest BCUT2D eigenvalue weighted by atomic mass is 10.2. The van der Waals surface area contributed by atoms with Crippen LogP contribution in [0.4, 0.5) is 5.69 Å². The summed E-state index contributed by atoms with van der Waals surface area (Å²) in [7, 11) is -3.57. The molecule has 0 spiro atoms. The molecule has 0 aliphatic heterocycles. The highest BCUT2D eigenvalue weighted by Crippen LogP contribution is 2.26. The maximum absolute atomic E-state index is 12.8. The van der Waals surface area contributed by atoms with Gasteiger partial charge < -0.3 is 10.6 Å². The van der Waals surface area contributed by atoms with E-state index in [0.717, 1.165) is 11.1 Å². The monoisotopic (exact) mass is 355 g/mol. The van der Waals surface area contributed by atoms with Crippen LogP contribution in [0, 0.1) is 6.92 Å². The molecule has 0 unspecified atom stereocenters. The first kappa shape index (κ1) is 19.6. The molecule has 0 saturated heterocycles. The zero-order valence-electron chi connectivity index (χ0n) is 14.1. The molecule has 0 radical (unpaired) electrons. The molecule has 5 nitrogen and oxygen atoms in total. The van der Waals surface area contributed by atoms with Gasteiger partial charge in [-0.05, 0) is 43.8 Å². The van der Waals surface area contributed by atoms with Crippen LogP contribution in [0.15, 0.2) is 35.2 Å². The fraction of sp³-hybridized carbons (Fsp3) is 0.438. The van der Waals surface area contributed by atoms with Gasteiger partial charge in [0.05, 0.1) is 5.69 Å². The number of anilines is 1. The normalized spacial score (nSPS) is 11.3. The smallest absolute Gasteiger partial charge is 0.245 e. The quantitative estimate of drug-likeness (QED) is 0.582. The van der Waals surface area contributed by atoms with Crippen molar-refractivity contribution in [3.05, 3.63) is 35.9 Å². The Morgan fingerprint density at radius 1 is 1.30 bits per heavy atom. The molecule has 0 aliphatic rings. The number of hydrogen-bond acceptors (Lipinski definition) is 3. The Kier molecular flexibility index (Phi) is 7.18. The Hall–Kier alpha value is -1.44. The minimum Gasteiger partial charge on any atom is -0.359 e. The van der Waals surface area contributed by atoms with Crippen LogP contribution < -0.4 is 10.6 Å². The van der Waals surface area contributed by atoms with E-state index < -0.39 is 10.0 Å². The van der Waals surface area contributed by atoms with Crippen LogP contribution in [0.2, 0.25) is 0 Å². The van der Waals surface area contributed by atoms with Gasteiger partial charge in [0.25, 0.3) is 0 Å². The van der Waals surface area contributed by atoms with Gasteiger partial charge in [-0.3, -0.25) is 0 Å². The molecule has 0 heterocycles. The molecule has 0 atom stereocenters. The molecule has 7 heteroatoms. The van der Waals surface area contributed by atoms with Crippen molar-refractivity contribution in [2.24, 2.45) is 0 Å². The summed E-state index contributed by atoms with van der Waals surface area (Å²) in [6.07, 6.45) is 0. The van der Waals surface area contributed by atoms with Gasteiger partial charge in [-0.25, -0.2) is 8.42 Å². The molecule has 1 rings (SSSR count). The molecule has 0 amide bonds. The maximum atomic E-state index is 12.8. The number of nitrogens with zero attached hydrogens (tertiary/aromatic N) is 1. The van der Waals surface area contributed by atoms with Gasteiger partial charge in [-0.15, -0.1) is 0 Å². The number of rotatable bonds is 7. The number of thiocarbonyl (C=S) groups is 1. The van der Waals surface area contributed by atoms with Gasteiger partial charge in [-0.1, -0.05) is 32.1 Å². The number of aryl methyl sites for hydroxylation is 1. The third kappa shape index (κ3) is 5.30. The summed E-state index contributed by atoms with van der Waals surface area (Å²) >= 11 is 5.22. The molecule has 1 aromatic carbocycles. The fourth-order valence-electron chi connectivity index (χ4n) is 2.05. The van der Waals surface area contributed by atoms with Crippen LogP contribution in [-0.4, -0.2) is 37.5 Å². The van der Waals surface area contributed by atoms with Crippen LogP contribution >= 0.6 is 12.2 Å². The largest absolute Gasteiger partial charge is 0.359 e. The first-order valence-electron chi connectivity index (χ1n) is 7.52. The van der Waals surface area contributed by atoms with Crippen molar-refractivity contribution < 1.29 is 8.42 Å². The van der Waals surface area contributed by atoms with E-state index in [0.29, 0.717) is 30.4 Å². The topological polar surface area (TPSA) is 61.4 Å². The van der Waals surface area contributed by atoms with E-state index in [1.807, 2.05) is 33.8 Å². The second-order valence-electron chi connectivity index (χ2n) is 5.35. The van der Waals surface area contributed by atoms with Crippen molar-refractivity contribution in [1.82, 2.24) is 9.62 Å². The van der Waals surface area contributed by atoms with Gasteiger partial charge in [0, 0.05) is 19.6 Å². The summed E-state index contributed by atoms with van der Waals surface area (Å²) in [6.45, 7) is 12.6. The van der Waals surface area contributed by atoms with Crippen molar-refractivity contribution in [3.63, 3.8) is 0 Å². The van der Waals surface area contributed by atoms with Gasteiger partial charge in [0.1, 0.15) is 4.90 Å². The van der Waals surface area contributed by atoms with E-state index in [1.54, 1.807) is 12.1 Å². The second-order valence-corrected chi connectivity index (χ2v) is 7.67. The summed E-state index contributed by atoms with van der Waals surface area (Å²) < 4.78 is 27.1. The third-order valence-electron chi connectivity index (χ3n) is 3.26. The third-order valence-corrected chi connectivity index (χ3v) is 5.60. The molecule has 0 saturated carbocycles. The Morgan fingerprint density at radius 2 is 1.91 bits per heavy atom. The summed E-state index contributed by atoms with van der Waals surface area (Å²) in [6, 6.07) is 5.25. The predicted molar refractivity (Wildman–Crippen MR) is 100 cm³/mol. The highest BCUT2D eigenvalue weighted by atomic mass is 32.2. The number of benzene rings is 1. The molecule has 0 fully saturated rings. The fourth-order valence-corrected chi connectivity index (χ4v) is 3.92.